The van der Waals surface area contributed by atoms with Crippen molar-refractivity contribution in [3.63, 3.8) is 0 Å². The Morgan fingerprint density at radius 2 is 1.67 bits per heavy atom. The van der Waals surface area contributed by atoms with Gasteiger partial charge in [-0.2, -0.15) is 13.2 Å². The first kappa shape index (κ1) is 19.8. The first-order valence-electron chi connectivity index (χ1n) is 6.87. The maximum Gasteiger partial charge on any atom is 0.432 e. The van der Waals surface area contributed by atoms with Crippen LogP contribution in [-0.2, 0) is 19.9 Å². The standard InChI is InChI=1S/C15H18F3NO5/c1-9(2)24-13(21)19(3)11-7-5-10(6-8-11)14(22,12(20)23-4)15(16,17)18/h5-9,22H,1-4H3/t14-/m1/s1. The van der Waals surface area contributed by atoms with Crippen LogP contribution in [0, 0.1) is 0 Å². The Labute approximate surface area is 136 Å². The second-order valence-electron chi connectivity index (χ2n) is 5.24. The highest BCUT2D eigenvalue weighted by Crippen LogP contribution is 2.40. The molecule has 0 fully saturated rings. The topological polar surface area (TPSA) is 76.1 Å². The van der Waals surface area contributed by atoms with E-state index < -0.39 is 29.4 Å². The molecule has 0 heterocycles. The van der Waals surface area contributed by atoms with Crippen molar-refractivity contribution in [1.82, 2.24) is 0 Å². The number of amides is 1. The molecular weight excluding hydrogens is 331 g/mol. The average Bonchev–Trinajstić information content (AvgIpc) is 2.50. The van der Waals surface area contributed by atoms with E-state index in [-0.39, 0.29) is 11.8 Å². The van der Waals surface area contributed by atoms with Gasteiger partial charge in [-0.3, -0.25) is 4.90 Å². The number of aliphatic hydroxyl groups is 1. The molecule has 0 aliphatic heterocycles. The molecule has 0 unspecified atom stereocenters. The Kier molecular flexibility index (Phi) is 5.83. The Bertz CT molecular complexity index is 600. The molecule has 1 aromatic rings. The number of esters is 1. The molecular formula is C15H18F3NO5. The molecule has 9 heteroatoms. The van der Waals surface area contributed by atoms with Gasteiger partial charge in [-0.15, -0.1) is 0 Å². The molecule has 0 aromatic heterocycles. The van der Waals surface area contributed by atoms with Crippen LogP contribution in [0.15, 0.2) is 24.3 Å². The van der Waals surface area contributed by atoms with Gasteiger partial charge in [0.2, 0.25) is 0 Å². The fourth-order valence-corrected chi connectivity index (χ4v) is 1.86. The van der Waals surface area contributed by atoms with E-state index >= 15 is 0 Å². The Morgan fingerprint density at radius 1 is 1.17 bits per heavy atom. The van der Waals surface area contributed by atoms with Gasteiger partial charge in [-0.1, -0.05) is 12.1 Å². The van der Waals surface area contributed by atoms with E-state index in [4.69, 9.17) is 4.74 Å². The molecule has 0 saturated heterocycles. The first-order valence-corrected chi connectivity index (χ1v) is 6.87. The smallest absolute Gasteiger partial charge is 0.432 e. The number of halogens is 3. The molecule has 6 nitrogen and oxygen atoms in total. The van der Waals surface area contributed by atoms with Crippen molar-refractivity contribution >= 4 is 17.7 Å². The summed E-state index contributed by atoms with van der Waals surface area (Å²) in [5.41, 5.74) is -4.30. The number of anilines is 1. The number of alkyl halides is 3. The van der Waals surface area contributed by atoms with Crippen molar-refractivity contribution in [3.8, 4) is 0 Å². The molecule has 1 atom stereocenters. The third-order valence-electron chi connectivity index (χ3n) is 3.17. The molecule has 24 heavy (non-hydrogen) atoms. The molecule has 1 N–H and O–H groups in total. The van der Waals surface area contributed by atoms with Gasteiger partial charge >= 0.3 is 18.2 Å². The molecule has 1 rings (SSSR count). The first-order chi connectivity index (χ1) is 10.9. The summed E-state index contributed by atoms with van der Waals surface area (Å²) in [5, 5.41) is 9.84. The molecule has 0 radical (unpaired) electrons. The van der Waals surface area contributed by atoms with Gasteiger partial charge < -0.3 is 14.6 Å². The van der Waals surface area contributed by atoms with E-state index in [1.165, 1.54) is 7.05 Å². The number of hydrogen-bond donors (Lipinski definition) is 1. The van der Waals surface area contributed by atoms with Gasteiger partial charge in [-0.25, -0.2) is 9.59 Å². The SMILES string of the molecule is COC(=O)[C@](O)(c1ccc(N(C)C(=O)OC(C)C)cc1)C(F)(F)F. The number of carbonyl (C=O) groups excluding carboxylic acids is 2. The third kappa shape index (κ3) is 3.78. The van der Waals surface area contributed by atoms with Gasteiger partial charge in [0.05, 0.1) is 13.2 Å². The summed E-state index contributed by atoms with van der Waals surface area (Å²) in [4.78, 5) is 24.3. The second-order valence-corrected chi connectivity index (χ2v) is 5.24. The molecule has 0 aliphatic carbocycles. The van der Waals surface area contributed by atoms with Crippen molar-refractivity contribution in [1.29, 1.82) is 0 Å². The Balaban J connectivity index is 3.17. The van der Waals surface area contributed by atoms with Gasteiger partial charge in [0.15, 0.2) is 0 Å². The third-order valence-corrected chi connectivity index (χ3v) is 3.17. The summed E-state index contributed by atoms with van der Waals surface area (Å²) in [6, 6.07) is 4.07. The van der Waals surface area contributed by atoms with Crippen molar-refractivity contribution in [3.05, 3.63) is 29.8 Å². The molecule has 1 aromatic carbocycles. The molecule has 134 valence electrons. The van der Waals surface area contributed by atoms with Crippen molar-refractivity contribution < 1.29 is 37.3 Å². The van der Waals surface area contributed by atoms with Crippen LogP contribution in [0.3, 0.4) is 0 Å². The normalized spacial score (nSPS) is 14.0. The van der Waals surface area contributed by atoms with Crippen LogP contribution in [0.5, 0.6) is 0 Å². The van der Waals surface area contributed by atoms with Crippen LogP contribution in [0.4, 0.5) is 23.7 Å². The molecule has 0 spiro atoms. The highest BCUT2D eigenvalue weighted by atomic mass is 19.4. The molecule has 1 amide bonds. The van der Waals surface area contributed by atoms with Gasteiger partial charge in [0.1, 0.15) is 0 Å². The molecule has 0 saturated carbocycles. The minimum Gasteiger partial charge on any atom is -0.466 e. The fourth-order valence-electron chi connectivity index (χ4n) is 1.86. The number of benzene rings is 1. The zero-order valence-corrected chi connectivity index (χ0v) is 13.5. The zero-order chi connectivity index (χ0) is 18.7. The lowest BCUT2D eigenvalue weighted by molar-refractivity contribution is -0.266. The van der Waals surface area contributed by atoms with E-state index in [1.54, 1.807) is 13.8 Å². The lowest BCUT2D eigenvalue weighted by Crippen LogP contribution is -2.49. The van der Waals surface area contributed by atoms with Crippen LogP contribution in [-0.4, -0.2) is 43.6 Å². The van der Waals surface area contributed by atoms with E-state index in [0.717, 1.165) is 36.3 Å². The predicted molar refractivity (Wildman–Crippen MR) is 78.4 cm³/mol. The average molecular weight is 349 g/mol. The quantitative estimate of drug-likeness (QED) is 0.846. The largest absolute Gasteiger partial charge is 0.466 e. The van der Waals surface area contributed by atoms with E-state index in [9.17, 15) is 27.9 Å². The number of hydrogen-bond acceptors (Lipinski definition) is 5. The van der Waals surface area contributed by atoms with Crippen molar-refractivity contribution in [2.75, 3.05) is 19.1 Å². The van der Waals surface area contributed by atoms with Crippen LogP contribution < -0.4 is 4.90 Å². The highest BCUT2D eigenvalue weighted by molar-refractivity contribution is 5.87. The van der Waals surface area contributed by atoms with Crippen LogP contribution in [0.2, 0.25) is 0 Å². The summed E-state index contributed by atoms with van der Waals surface area (Å²) in [5.74, 6) is -1.85. The number of methoxy groups -OCH3 is 1. The molecule has 0 aliphatic rings. The van der Waals surface area contributed by atoms with Gasteiger partial charge in [0, 0.05) is 18.3 Å². The lowest BCUT2D eigenvalue weighted by atomic mass is 9.93. The summed E-state index contributed by atoms with van der Waals surface area (Å²) < 4.78 is 48.4. The van der Waals surface area contributed by atoms with Gasteiger partial charge in [0.25, 0.3) is 5.60 Å². The Morgan fingerprint density at radius 3 is 2.04 bits per heavy atom. The summed E-state index contributed by atoms with van der Waals surface area (Å²) >= 11 is 0. The van der Waals surface area contributed by atoms with E-state index in [1.807, 2.05) is 0 Å². The zero-order valence-electron chi connectivity index (χ0n) is 13.5. The second kappa shape index (κ2) is 7.08. The number of carbonyl (C=O) groups is 2. The van der Waals surface area contributed by atoms with Crippen LogP contribution in [0.1, 0.15) is 19.4 Å². The highest BCUT2D eigenvalue weighted by Gasteiger charge is 2.62. The Hall–Kier alpha value is -2.29. The van der Waals surface area contributed by atoms with E-state index in [2.05, 4.69) is 4.74 Å². The fraction of sp³-hybridized carbons (Fsp3) is 0.467. The maximum atomic E-state index is 13.1. The minimum absolute atomic E-state index is 0.221. The maximum absolute atomic E-state index is 13.1. The minimum atomic E-state index is -5.27. The number of ether oxygens (including phenoxy) is 2. The molecule has 0 bridgehead atoms. The van der Waals surface area contributed by atoms with Crippen LogP contribution in [0.25, 0.3) is 0 Å². The predicted octanol–water partition coefficient (Wildman–Crippen LogP) is 2.59. The van der Waals surface area contributed by atoms with Crippen molar-refractivity contribution in [2.45, 2.75) is 31.7 Å². The number of rotatable bonds is 4. The lowest BCUT2D eigenvalue weighted by Gasteiger charge is -2.28. The van der Waals surface area contributed by atoms with Crippen molar-refractivity contribution in [2.24, 2.45) is 0 Å². The number of nitrogens with zero attached hydrogens (tertiary/aromatic N) is 1. The summed E-state index contributed by atoms with van der Waals surface area (Å²) in [6.45, 7) is 3.29. The van der Waals surface area contributed by atoms with E-state index in [0.29, 0.717) is 0 Å². The summed E-state index contributed by atoms with van der Waals surface area (Å²) in [6.07, 6.45) is -6.34. The van der Waals surface area contributed by atoms with Gasteiger partial charge in [-0.05, 0) is 26.0 Å². The monoisotopic (exact) mass is 349 g/mol. The van der Waals surface area contributed by atoms with Crippen LogP contribution >= 0.6 is 0 Å². The summed E-state index contributed by atoms with van der Waals surface area (Å²) in [7, 11) is 2.11.